The molecule has 1 aromatic heterocycles. The van der Waals surface area contributed by atoms with E-state index in [4.69, 9.17) is 5.10 Å². The van der Waals surface area contributed by atoms with Crippen LogP contribution in [0.5, 0.6) is 0 Å². The molecular formula is C19H28N2Pt. The van der Waals surface area contributed by atoms with E-state index in [1.165, 1.54) is 33.5 Å². The SMILES string of the molecule is Cc1cc(C(C)C)cc(C)c1-c1c(C)nn(C(C)C)c1C.[Pt]. The maximum atomic E-state index is 4.74. The van der Waals surface area contributed by atoms with Gasteiger partial charge in [0.15, 0.2) is 0 Å². The maximum absolute atomic E-state index is 4.74. The van der Waals surface area contributed by atoms with E-state index in [0.717, 1.165) is 5.69 Å². The molecule has 0 spiro atoms. The van der Waals surface area contributed by atoms with E-state index >= 15 is 0 Å². The third-order valence-corrected chi connectivity index (χ3v) is 4.29. The quantitative estimate of drug-likeness (QED) is 0.570. The summed E-state index contributed by atoms with van der Waals surface area (Å²) in [4.78, 5) is 0. The van der Waals surface area contributed by atoms with Gasteiger partial charge in [0.25, 0.3) is 0 Å². The Bertz CT molecular complexity index is 643. The molecule has 0 fully saturated rings. The minimum atomic E-state index is 0. The minimum Gasteiger partial charge on any atom is -0.266 e. The second kappa shape index (κ2) is 7.13. The first-order chi connectivity index (χ1) is 9.73. The Morgan fingerprint density at radius 2 is 1.36 bits per heavy atom. The Morgan fingerprint density at radius 3 is 1.73 bits per heavy atom. The second-order valence-electron chi connectivity index (χ2n) is 6.77. The molecule has 2 nitrogen and oxygen atoms in total. The van der Waals surface area contributed by atoms with Crippen molar-refractivity contribution in [3.63, 3.8) is 0 Å². The van der Waals surface area contributed by atoms with Crippen molar-refractivity contribution in [3.05, 3.63) is 40.2 Å². The van der Waals surface area contributed by atoms with Crippen LogP contribution in [0.3, 0.4) is 0 Å². The normalized spacial score (nSPS) is 11.2. The average molecular weight is 480 g/mol. The molecule has 2 rings (SSSR count). The molecule has 0 amide bonds. The molecule has 0 atom stereocenters. The molecular weight excluding hydrogens is 451 g/mol. The number of hydrogen-bond acceptors (Lipinski definition) is 1. The van der Waals surface area contributed by atoms with Crippen molar-refractivity contribution in [2.75, 3.05) is 0 Å². The Kier molecular flexibility index (Phi) is 6.21. The summed E-state index contributed by atoms with van der Waals surface area (Å²) >= 11 is 0. The van der Waals surface area contributed by atoms with Crippen LogP contribution in [-0.2, 0) is 21.1 Å². The number of benzene rings is 1. The van der Waals surface area contributed by atoms with Crippen LogP contribution in [0.4, 0.5) is 0 Å². The van der Waals surface area contributed by atoms with Crippen LogP contribution in [-0.4, -0.2) is 9.78 Å². The first kappa shape index (κ1) is 19.2. The smallest absolute Gasteiger partial charge is 0.0675 e. The number of nitrogens with zero attached hydrogens (tertiary/aromatic N) is 2. The predicted molar refractivity (Wildman–Crippen MR) is 91.1 cm³/mol. The van der Waals surface area contributed by atoms with Crippen LogP contribution < -0.4 is 0 Å². The van der Waals surface area contributed by atoms with Crippen LogP contribution in [0, 0.1) is 27.7 Å². The van der Waals surface area contributed by atoms with Gasteiger partial charge in [0.1, 0.15) is 0 Å². The Morgan fingerprint density at radius 1 is 0.864 bits per heavy atom. The van der Waals surface area contributed by atoms with E-state index in [0.29, 0.717) is 12.0 Å². The summed E-state index contributed by atoms with van der Waals surface area (Å²) in [6, 6.07) is 5.06. The summed E-state index contributed by atoms with van der Waals surface area (Å²) < 4.78 is 2.14. The molecule has 0 aliphatic carbocycles. The van der Waals surface area contributed by atoms with E-state index in [-0.39, 0.29) is 21.1 Å². The van der Waals surface area contributed by atoms with Gasteiger partial charge >= 0.3 is 0 Å². The summed E-state index contributed by atoms with van der Waals surface area (Å²) in [7, 11) is 0. The van der Waals surface area contributed by atoms with Crippen molar-refractivity contribution >= 4 is 0 Å². The number of aryl methyl sites for hydroxylation is 3. The largest absolute Gasteiger partial charge is 0.266 e. The molecule has 0 aliphatic rings. The molecule has 1 heterocycles. The first-order valence-corrected chi connectivity index (χ1v) is 7.91. The van der Waals surface area contributed by atoms with Gasteiger partial charge in [-0.05, 0) is 69.7 Å². The average Bonchev–Trinajstić information content (AvgIpc) is 2.65. The summed E-state index contributed by atoms with van der Waals surface area (Å²) in [5.74, 6) is 0.567. The van der Waals surface area contributed by atoms with Gasteiger partial charge in [-0.1, -0.05) is 26.0 Å². The molecule has 0 saturated carbocycles. The van der Waals surface area contributed by atoms with Crippen LogP contribution in [0.1, 0.15) is 67.7 Å². The van der Waals surface area contributed by atoms with Gasteiger partial charge in [-0.15, -0.1) is 0 Å². The van der Waals surface area contributed by atoms with Gasteiger partial charge in [-0.3, -0.25) is 4.68 Å². The van der Waals surface area contributed by atoms with Gasteiger partial charge < -0.3 is 0 Å². The van der Waals surface area contributed by atoms with Crippen molar-refractivity contribution in [2.24, 2.45) is 0 Å². The second-order valence-corrected chi connectivity index (χ2v) is 6.77. The fourth-order valence-corrected chi connectivity index (χ4v) is 3.25. The Labute approximate surface area is 149 Å². The maximum Gasteiger partial charge on any atom is 0.0675 e. The molecule has 1 aromatic carbocycles. The van der Waals surface area contributed by atoms with E-state index in [2.05, 4.69) is 72.2 Å². The molecule has 2 aromatic rings. The molecule has 0 aliphatic heterocycles. The molecule has 0 saturated heterocycles. The monoisotopic (exact) mass is 479 g/mol. The third-order valence-electron chi connectivity index (χ3n) is 4.29. The van der Waals surface area contributed by atoms with Crippen molar-refractivity contribution in [1.82, 2.24) is 9.78 Å². The van der Waals surface area contributed by atoms with Gasteiger partial charge in [0, 0.05) is 38.4 Å². The van der Waals surface area contributed by atoms with Crippen LogP contribution >= 0.6 is 0 Å². The molecule has 0 bridgehead atoms. The van der Waals surface area contributed by atoms with Gasteiger partial charge in [-0.25, -0.2) is 0 Å². The van der Waals surface area contributed by atoms with E-state index in [9.17, 15) is 0 Å². The predicted octanol–water partition coefficient (Wildman–Crippen LogP) is 5.49. The molecule has 0 N–H and O–H groups in total. The standard InChI is InChI=1S/C19H28N2.Pt/c1-11(2)17-9-13(5)18(14(6)10-17)19-15(7)20-21(12(3)4)16(19)8;/h9-12H,1-8H3;. The summed E-state index contributed by atoms with van der Waals surface area (Å²) in [6.45, 7) is 17.6. The number of rotatable bonds is 3. The Hall–Kier alpha value is -0.882. The van der Waals surface area contributed by atoms with E-state index in [1.54, 1.807) is 0 Å². The van der Waals surface area contributed by atoms with E-state index < -0.39 is 0 Å². The van der Waals surface area contributed by atoms with Gasteiger partial charge in [-0.2, -0.15) is 5.10 Å². The van der Waals surface area contributed by atoms with Crippen molar-refractivity contribution < 1.29 is 21.1 Å². The zero-order valence-electron chi connectivity index (χ0n) is 15.0. The topological polar surface area (TPSA) is 17.8 Å². The summed E-state index contributed by atoms with van der Waals surface area (Å²) in [5, 5.41) is 4.74. The molecule has 3 heteroatoms. The van der Waals surface area contributed by atoms with Gasteiger partial charge in [0.2, 0.25) is 0 Å². The van der Waals surface area contributed by atoms with Gasteiger partial charge in [0.05, 0.1) is 5.69 Å². The molecule has 0 radical (unpaired) electrons. The first-order valence-electron chi connectivity index (χ1n) is 7.91. The molecule has 124 valence electrons. The molecule has 0 unspecified atom stereocenters. The van der Waals surface area contributed by atoms with Crippen LogP contribution in [0.2, 0.25) is 0 Å². The zero-order valence-corrected chi connectivity index (χ0v) is 17.3. The molecule has 22 heavy (non-hydrogen) atoms. The third kappa shape index (κ3) is 3.38. The van der Waals surface area contributed by atoms with E-state index in [1.807, 2.05) is 0 Å². The number of hydrogen-bond donors (Lipinski definition) is 0. The Balaban J connectivity index is 0.00000242. The van der Waals surface area contributed by atoms with Crippen molar-refractivity contribution in [2.45, 2.75) is 67.3 Å². The number of aromatic nitrogens is 2. The van der Waals surface area contributed by atoms with Crippen LogP contribution in [0.25, 0.3) is 11.1 Å². The fraction of sp³-hybridized carbons (Fsp3) is 0.526. The summed E-state index contributed by atoms with van der Waals surface area (Å²) in [5.41, 5.74) is 9.20. The fourth-order valence-electron chi connectivity index (χ4n) is 3.25. The zero-order chi connectivity index (χ0) is 15.9. The van der Waals surface area contributed by atoms with Crippen LogP contribution in [0.15, 0.2) is 12.1 Å². The van der Waals surface area contributed by atoms with Crippen molar-refractivity contribution in [3.8, 4) is 11.1 Å². The minimum absolute atomic E-state index is 0. The van der Waals surface area contributed by atoms with Crippen molar-refractivity contribution in [1.29, 1.82) is 0 Å². The summed E-state index contributed by atoms with van der Waals surface area (Å²) in [6.07, 6.45) is 0.